The van der Waals surface area contributed by atoms with E-state index in [9.17, 15) is 8.42 Å². The molecule has 0 amide bonds. The van der Waals surface area contributed by atoms with Crippen LogP contribution in [0.4, 0.5) is 0 Å². The summed E-state index contributed by atoms with van der Waals surface area (Å²) in [5, 5.41) is 0.0231. The van der Waals surface area contributed by atoms with Crippen molar-refractivity contribution in [3.63, 3.8) is 0 Å². The molecule has 1 aromatic carbocycles. The zero-order chi connectivity index (χ0) is 24.4. The lowest BCUT2D eigenvalue weighted by Crippen LogP contribution is -1.97. The van der Waals surface area contributed by atoms with E-state index >= 15 is 0 Å². The maximum absolute atomic E-state index is 10.5. The Labute approximate surface area is 206 Å². The quantitative estimate of drug-likeness (QED) is 0.230. The van der Waals surface area contributed by atoms with Crippen LogP contribution in [-0.2, 0) is 10.1 Å². The third-order valence-electron chi connectivity index (χ3n) is 5.16. The smallest absolute Gasteiger partial charge is 0.296 e. The Morgan fingerprint density at radius 2 is 1.06 bits per heavy atom. The lowest BCUT2D eigenvalue weighted by atomic mass is 10.3. The van der Waals surface area contributed by atoms with Crippen LogP contribution >= 0.6 is 11.6 Å². The van der Waals surface area contributed by atoms with Gasteiger partial charge in [0, 0.05) is 22.1 Å². The van der Waals surface area contributed by atoms with Gasteiger partial charge in [-0.25, -0.2) is 9.97 Å². The zero-order valence-corrected chi connectivity index (χ0v) is 19.8. The molecule has 35 heavy (non-hydrogen) atoms. The number of nitrogens with one attached hydrogen (secondary N) is 2. The second-order valence-electron chi connectivity index (χ2n) is 7.81. The number of nitrogens with zero attached hydrogens (tertiary/aromatic N) is 2. The fourth-order valence-corrected chi connectivity index (χ4v) is 4.59. The Kier molecular flexibility index (Phi) is 6.08. The van der Waals surface area contributed by atoms with Gasteiger partial charge in [0.2, 0.25) is 0 Å². The maximum Gasteiger partial charge on any atom is 0.296 e. The molecule has 5 heterocycles. The van der Waals surface area contributed by atoms with Gasteiger partial charge in [0.25, 0.3) is 10.1 Å². The molecular weight excluding hydrogens is 484 g/mol. The fourth-order valence-electron chi connectivity index (χ4n) is 3.60. The first-order chi connectivity index (χ1) is 16.8. The Morgan fingerprint density at radius 3 is 1.49 bits per heavy atom. The highest BCUT2D eigenvalue weighted by Gasteiger charge is 2.12. The molecule has 0 atom stereocenters. The molecule has 6 rings (SSSR count). The molecule has 0 radical (unpaired) electrons. The molecule has 0 saturated carbocycles. The van der Waals surface area contributed by atoms with Crippen LogP contribution in [0.15, 0.2) is 77.7 Å². The van der Waals surface area contributed by atoms with Crippen molar-refractivity contribution < 1.29 is 13.0 Å². The van der Waals surface area contributed by atoms with Crippen LogP contribution in [0.1, 0.15) is 22.8 Å². The van der Waals surface area contributed by atoms with Gasteiger partial charge in [-0.3, -0.25) is 4.55 Å². The molecular formula is C26H19ClN4O3S. The monoisotopic (exact) mass is 502 g/mol. The third-order valence-corrected chi connectivity index (χ3v) is 6.51. The highest BCUT2D eigenvalue weighted by molar-refractivity contribution is 7.86. The average molecular weight is 503 g/mol. The van der Waals surface area contributed by atoms with Crippen molar-refractivity contribution in [2.45, 2.75) is 4.90 Å². The first kappa shape index (κ1) is 22.8. The molecule has 0 saturated heterocycles. The summed E-state index contributed by atoms with van der Waals surface area (Å²) < 4.78 is 29.6. The lowest BCUT2D eigenvalue weighted by molar-refractivity contribution is 0.483. The normalized spacial score (nSPS) is 12.3. The van der Waals surface area contributed by atoms with Crippen LogP contribution in [0.5, 0.6) is 0 Å². The van der Waals surface area contributed by atoms with Crippen LogP contribution in [0.2, 0.25) is 5.02 Å². The van der Waals surface area contributed by atoms with Gasteiger partial charge >= 0.3 is 0 Å². The van der Waals surface area contributed by atoms with Gasteiger partial charge in [-0.15, -0.1) is 0 Å². The molecule has 0 spiro atoms. The Bertz CT molecular complexity index is 1660. The number of rotatable bonds is 1. The Hall–Kier alpha value is -3.98. The summed E-state index contributed by atoms with van der Waals surface area (Å²) >= 11 is 5.47. The first-order valence-electron chi connectivity index (χ1n) is 10.6. The topological polar surface area (TPSA) is 112 Å². The van der Waals surface area contributed by atoms with Crippen LogP contribution in [0.25, 0.3) is 46.4 Å². The van der Waals surface area contributed by atoms with E-state index in [0.29, 0.717) is 0 Å². The van der Waals surface area contributed by atoms with Gasteiger partial charge in [0.05, 0.1) is 27.8 Å². The standard InChI is InChI=1S/C20H14N4.C6H5ClO3S/c1-2-14-10-16-5-6-18(23-16)12-20-8-7-19(24-20)11-17-4-3-15(22-17)9-13(1)21-14;7-5-3-1-2-4-6(5)11(8,9)10/h1-12,21-22H;1-4H,(H,8,9,10). The van der Waals surface area contributed by atoms with Crippen LogP contribution < -0.4 is 0 Å². The summed E-state index contributed by atoms with van der Waals surface area (Å²) in [6.07, 6.45) is 8.05. The van der Waals surface area contributed by atoms with Crippen LogP contribution in [0, 0.1) is 0 Å². The summed E-state index contributed by atoms with van der Waals surface area (Å²) in [4.78, 5) is 15.8. The van der Waals surface area contributed by atoms with Gasteiger partial charge in [-0.05, 0) is 85.0 Å². The fraction of sp³-hybridized carbons (Fsp3) is 0. The minimum absolute atomic E-state index is 0.0231. The first-order valence-corrected chi connectivity index (χ1v) is 12.4. The predicted octanol–water partition coefficient (Wildman–Crippen LogP) is 6.24. The largest absolute Gasteiger partial charge is 0.355 e. The highest BCUT2D eigenvalue weighted by Crippen LogP contribution is 2.20. The van der Waals surface area contributed by atoms with E-state index in [1.807, 2.05) is 42.5 Å². The summed E-state index contributed by atoms with van der Waals surface area (Å²) in [5.74, 6) is 0. The average Bonchev–Trinajstić information content (AvgIpc) is 3.60. The zero-order valence-electron chi connectivity index (χ0n) is 18.2. The molecule has 8 bridgehead atoms. The van der Waals surface area contributed by atoms with Gasteiger partial charge in [0.1, 0.15) is 4.90 Å². The Morgan fingerprint density at radius 1 is 0.629 bits per heavy atom. The van der Waals surface area contributed by atoms with Gasteiger partial charge in [-0.1, -0.05) is 23.7 Å². The summed E-state index contributed by atoms with van der Waals surface area (Å²) in [5.41, 5.74) is 7.86. The van der Waals surface area contributed by atoms with E-state index in [-0.39, 0.29) is 9.92 Å². The van der Waals surface area contributed by atoms with Gasteiger partial charge < -0.3 is 9.97 Å². The number of aromatic amines is 2. The molecule has 9 heteroatoms. The summed E-state index contributed by atoms with van der Waals surface area (Å²) in [6, 6.07) is 22.1. The predicted molar refractivity (Wildman–Crippen MR) is 140 cm³/mol. The van der Waals surface area contributed by atoms with Crippen LogP contribution in [0.3, 0.4) is 0 Å². The summed E-state index contributed by atoms with van der Waals surface area (Å²) in [6.45, 7) is 0. The van der Waals surface area contributed by atoms with E-state index in [2.05, 4.69) is 50.3 Å². The minimum atomic E-state index is -4.17. The van der Waals surface area contributed by atoms with Crippen molar-refractivity contribution in [2.75, 3.05) is 0 Å². The van der Waals surface area contributed by atoms with Crippen molar-refractivity contribution in [3.05, 3.63) is 101 Å². The second-order valence-corrected chi connectivity index (χ2v) is 9.61. The number of hydrogen-bond donors (Lipinski definition) is 3. The third kappa shape index (κ3) is 5.58. The minimum Gasteiger partial charge on any atom is -0.355 e. The molecule has 7 nitrogen and oxygen atoms in total. The van der Waals surface area contributed by atoms with E-state index in [0.717, 1.165) is 44.8 Å². The second kappa shape index (κ2) is 9.34. The molecule has 3 aromatic heterocycles. The van der Waals surface area contributed by atoms with E-state index in [4.69, 9.17) is 16.2 Å². The van der Waals surface area contributed by atoms with E-state index in [1.165, 1.54) is 18.2 Å². The van der Waals surface area contributed by atoms with Crippen molar-refractivity contribution in [1.82, 2.24) is 19.9 Å². The lowest BCUT2D eigenvalue weighted by Gasteiger charge is -1.97. The highest BCUT2D eigenvalue weighted by atomic mass is 35.5. The molecule has 2 aliphatic rings. The van der Waals surface area contributed by atoms with Gasteiger partial charge in [-0.2, -0.15) is 8.42 Å². The summed E-state index contributed by atoms with van der Waals surface area (Å²) in [7, 11) is -4.17. The molecule has 174 valence electrons. The molecule has 2 aliphatic heterocycles. The van der Waals surface area contributed by atoms with E-state index < -0.39 is 10.1 Å². The molecule has 0 fully saturated rings. The molecule has 0 unspecified atom stereocenters. The van der Waals surface area contributed by atoms with Crippen molar-refractivity contribution in [2.24, 2.45) is 0 Å². The number of aromatic nitrogens is 4. The molecule has 4 aromatic rings. The van der Waals surface area contributed by atoms with Crippen LogP contribution in [-0.4, -0.2) is 32.9 Å². The maximum atomic E-state index is 10.5. The van der Waals surface area contributed by atoms with Crippen molar-refractivity contribution >= 4 is 68.1 Å². The van der Waals surface area contributed by atoms with E-state index in [1.54, 1.807) is 6.07 Å². The van der Waals surface area contributed by atoms with Crippen molar-refractivity contribution in [3.8, 4) is 0 Å². The molecule has 0 aliphatic carbocycles. The number of hydrogen-bond acceptors (Lipinski definition) is 4. The SMILES string of the molecule is C1=Cc2cc3ccc(cc4ccc(cc5nc(cc1n2)C=C5)[nH]4)[nH]3.O=S(=O)(O)c1ccccc1Cl. The number of benzene rings is 1. The number of H-pyrrole nitrogens is 2. The van der Waals surface area contributed by atoms with Gasteiger partial charge in [0.15, 0.2) is 0 Å². The van der Waals surface area contributed by atoms with Crippen molar-refractivity contribution in [1.29, 1.82) is 0 Å². The Balaban J connectivity index is 0.000000195. The number of fused-ring (bicyclic) bond motifs is 8. The molecule has 3 N–H and O–H groups in total. The number of halogens is 1.